The molecule has 6 rings (SSSR count). The minimum atomic E-state index is -3.88. The van der Waals surface area contributed by atoms with Crippen LogP contribution in [0.25, 0.3) is 11.1 Å². The minimum absolute atomic E-state index is 0.130. The molecule has 2 unspecified atom stereocenters. The van der Waals surface area contributed by atoms with Gasteiger partial charge in [-0.25, -0.2) is 13.2 Å². The zero-order chi connectivity index (χ0) is 36.2. The molecule has 2 aliphatic carbocycles. The van der Waals surface area contributed by atoms with E-state index in [4.69, 9.17) is 0 Å². The largest absolute Gasteiger partial charge is 0.465 e. The van der Waals surface area contributed by atoms with E-state index in [-0.39, 0.29) is 25.8 Å². The van der Waals surface area contributed by atoms with Gasteiger partial charge in [-0.1, -0.05) is 92.1 Å². The van der Waals surface area contributed by atoms with Crippen LogP contribution < -0.4 is 15.4 Å². The van der Waals surface area contributed by atoms with Gasteiger partial charge in [-0.15, -0.1) is 18.3 Å². The van der Waals surface area contributed by atoms with Crippen molar-refractivity contribution in [1.29, 1.82) is 0 Å². The molecule has 0 aromatic heterocycles. The normalized spacial score (nSPS) is 29.1. The Hall–Kier alpha value is -4.10. The van der Waals surface area contributed by atoms with Crippen molar-refractivity contribution < 1.29 is 32.7 Å². The van der Waals surface area contributed by atoms with Crippen LogP contribution in [0.4, 0.5) is 4.79 Å². The number of amides is 4. The lowest BCUT2D eigenvalue weighted by atomic mass is 9.93. The van der Waals surface area contributed by atoms with Crippen LogP contribution in [0.2, 0.25) is 0 Å². The van der Waals surface area contributed by atoms with Crippen LogP contribution in [-0.4, -0.2) is 77.4 Å². The van der Waals surface area contributed by atoms with Gasteiger partial charge in [0.15, 0.2) is 0 Å². The van der Waals surface area contributed by atoms with Crippen molar-refractivity contribution in [3.8, 4) is 11.1 Å². The van der Waals surface area contributed by atoms with Crippen LogP contribution in [0, 0.1) is 5.92 Å². The molecule has 4 aliphatic rings. The van der Waals surface area contributed by atoms with Crippen molar-refractivity contribution in [3.63, 3.8) is 0 Å². The molecule has 1 saturated heterocycles. The number of thioether (sulfide) groups is 1. The van der Waals surface area contributed by atoms with E-state index in [2.05, 4.69) is 34.1 Å². The predicted molar refractivity (Wildman–Crippen MR) is 197 cm³/mol. The fraction of sp³-hybridized carbons (Fsp3) is 0.474. The standard InChI is InChI=1S/C38H46N4O7S2/c1-2-28-23-38(28,35(45)41-51(48,49)30-20-21-30)40-33(43)32-24-37(29-18-16-27(17-19-29)26-13-9-8-10-14-26)25-42(32)34(44)31(39-36(46)47)15-11-6-4-3-5-7-12-22-50-37/h2,7-10,12-14,16-19,28,30-32,39H,1,3-6,11,15,20-25H2,(H,40,43)(H,41,45)(H,46,47)/b12-7+/t28?,31-,32-,37-,38?/m0/s1. The molecular formula is C38H46N4O7S2. The summed E-state index contributed by atoms with van der Waals surface area (Å²) in [5, 5.41) is 14.4. The van der Waals surface area contributed by atoms with E-state index in [9.17, 15) is 32.7 Å². The molecule has 13 heteroatoms. The fourth-order valence-electron chi connectivity index (χ4n) is 7.32. The molecule has 0 radical (unpaired) electrons. The highest BCUT2D eigenvalue weighted by Gasteiger charge is 2.62. The summed E-state index contributed by atoms with van der Waals surface area (Å²) in [6.07, 6.45) is 10.4. The molecular weight excluding hydrogens is 689 g/mol. The van der Waals surface area contributed by atoms with Gasteiger partial charge in [0.2, 0.25) is 21.8 Å². The van der Waals surface area contributed by atoms with Crippen LogP contribution in [0.3, 0.4) is 0 Å². The molecule has 2 aromatic rings. The highest BCUT2D eigenvalue weighted by molar-refractivity contribution is 8.00. The van der Waals surface area contributed by atoms with Crippen LogP contribution in [0.15, 0.2) is 79.4 Å². The van der Waals surface area contributed by atoms with Crippen LogP contribution in [0.1, 0.15) is 69.8 Å². The molecule has 2 saturated carbocycles. The summed E-state index contributed by atoms with van der Waals surface area (Å²) in [6.45, 7) is 3.93. The maximum absolute atomic E-state index is 14.5. The number of hydrogen-bond donors (Lipinski definition) is 4. The number of carbonyl (C=O) groups excluding carboxylic acids is 3. The number of benzene rings is 2. The average molecular weight is 735 g/mol. The smallest absolute Gasteiger partial charge is 0.405 e. The molecule has 2 aliphatic heterocycles. The molecule has 51 heavy (non-hydrogen) atoms. The Morgan fingerprint density at radius 2 is 1.63 bits per heavy atom. The van der Waals surface area contributed by atoms with E-state index in [1.807, 2.05) is 54.6 Å². The summed E-state index contributed by atoms with van der Waals surface area (Å²) < 4.78 is 26.9. The number of carbonyl (C=O) groups is 4. The zero-order valence-electron chi connectivity index (χ0n) is 28.6. The molecule has 2 aromatic carbocycles. The second kappa shape index (κ2) is 15.2. The highest BCUT2D eigenvalue weighted by Crippen LogP contribution is 2.50. The summed E-state index contributed by atoms with van der Waals surface area (Å²) in [4.78, 5) is 55.8. The van der Waals surface area contributed by atoms with Crippen molar-refractivity contribution in [2.45, 2.75) is 91.8 Å². The maximum Gasteiger partial charge on any atom is 0.405 e. The van der Waals surface area contributed by atoms with E-state index in [1.165, 1.54) is 11.0 Å². The molecule has 11 nitrogen and oxygen atoms in total. The minimum Gasteiger partial charge on any atom is -0.465 e. The van der Waals surface area contributed by atoms with Gasteiger partial charge in [0, 0.05) is 18.2 Å². The zero-order valence-corrected chi connectivity index (χ0v) is 30.2. The predicted octanol–water partition coefficient (Wildman–Crippen LogP) is 5.10. The molecule has 3 fully saturated rings. The second-order valence-corrected chi connectivity index (χ2v) is 17.4. The van der Waals surface area contributed by atoms with Gasteiger partial charge >= 0.3 is 6.09 Å². The van der Waals surface area contributed by atoms with Gasteiger partial charge in [0.25, 0.3) is 5.91 Å². The van der Waals surface area contributed by atoms with E-state index >= 15 is 0 Å². The molecule has 4 N–H and O–H groups in total. The van der Waals surface area contributed by atoms with Crippen molar-refractivity contribution in [3.05, 3.63) is 85.0 Å². The third kappa shape index (κ3) is 8.19. The number of fused-ring (bicyclic) bond motifs is 2. The second-order valence-electron chi connectivity index (χ2n) is 14.1. The van der Waals surface area contributed by atoms with Crippen molar-refractivity contribution in [1.82, 2.24) is 20.3 Å². The van der Waals surface area contributed by atoms with E-state index in [1.54, 1.807) is 11.8 Å². The number of nitrogens with zero attached hydrogens (tertiary/aromatic N) is 1. The van der Waals surface area contributed by atoms with Crippen molar-refractivity contribution >= 4 is 45.6 Å². The highest BCUT2D eigenvalue weighted by atomic mass is 32.2. The molecule has 5 atom stereocenters. The van der Waals surface area contributed by atoms with Gasteiger partial charge in [-0.3, -0.25) is 19.1 Å². The lowest BCUT2D eigenvalue weighted by Crippen LogP contribution is -2.58. The number of allylic oxidation sites excluding steroid dienone is 1. The van der Waals surface area contributed by atoms with E-state index in [0.29, 0.717) is 25.0 Å². The Balaban J connectivity index is 1.36. The molecule has 4 amide bonds. The third-order valence-electron chi connectivity index (χ3n) is 10.5. The first-order valence-corrected chi connectivity index (χ1v) is 20.3. The fourth-order valence-corrected chi connectivity index (χ4v) is 10.0. The number of carboxylic acid groups (broad SMARTS) is 1. The number of sulfonamides is 1. The molecule has 0 spiro atoms. The Labute approximate surface area is 303 Å². The van der Waals surface area contributed by atoms with Gasteiger partial charge in [0.05, 0.1) is 10.00 Å². The van der Waals surface area contributed by atoms with Crippen LogP contribution in [0.5, 0.6) is 0 Å². The van der Waals surface area contributed by atoms with Gasteiger partial charge in [-0.2, -0.15) is 0 Å². The Kier molecular flexibility index (Phi) is 11.0. The summed E-state index contributed by atoms with van der Waals surface area (Å²) in [5.41, 5.74) is 1.46. The van der Waals surface area contributed by atoms with E-state index in [0.717, 1.165) is 42.4 Å². The summed E-state index contributed by atoms with van der Waals surface area (Å²) in [6, 6.07) is 15.9. The SMILES string of the molecule is C=CC1CC1(NC(=O)[C@@H]1C[C@@]2(c3ccc(-c4ccccc4)cc3)CN1C(=O)[C@@H](NC(=O)O)CCCCCC/C=C/CS2)C(=O)NS(=O)(=O)C1CC1. The van der Waals surface area contributed by atoms with Crippen molar-refractivity contribution in [2.75, 3.05) is 12.3 Å². The Morgan fingerprint density at radius 1 is 0.922 bits per heavy atom. The molecule has 272 valence electrons. The summed E-state index contributed by atoms with van der Waals surface area (Å²) in [7, 11) is -3.88. The molecule has 2 heterocycles. The van der Waals surface area contributed by atoms with Crippen LogP contribution in [-0.2, 0) is 29.2 Å². The first kappa shape index (κ1) is 36.7. The third-order valence-corrected chi connectivity index (χ3v) is 13.8. The Morgan fingerprint density at radius 3 is 2.29 bits per heavy atom. The summed E-state index contributed by atoms with van der Waals surface area (Å²) in [5.74, 6) is -1.79. The first-order chi connectivity index (χ1) is 24.5. The maximum atomic E-state index is 14.5. The molecule has 2 bridgehead atoms. The monoisotopic (exact) mass is 734 g/mol. The number of rotatable bonds is 9. The van der Waals surface area contributed by atoms with Gasteiger partial charge in [0.1, 0.15) is 17.6 Å². The topological polar surface area (TPSA) is 162 Å². The first-order valence-electron chi connectivity index (χ1n) is 17.7. The van der Waals surface area contributed by atoms with Gasteiger partial charge in [-0.05, 0) is 61.6 Å². The number of hydrogen-bond acceptors (Lipinski definition) is 7. The number of nitrogens with one attached hydrogen (secondary N) is 3. The summed E-state index contributed by atoms with van der Waals surface area (Å²) >= 11 is 1.63. The lowest BCUT2D eigenvalue weighted by molar-refractivity contribution is -0.141. The van der Waals surface area contributed by atoms with E-state index < -0.39 is 67.4 Å². The average Bonchev–Trinajstić information content (AvgIpc) is 4.05. The lowest BCUT2D eigenvalue weighted by Gasteiger charge is -2.31. The van der Waals surface area contributed by atoms with Gasteiger partial charge < -0.3 is 20.6 Å². The quantitative estimate of drug-likeness (QED) is 0.259. The van der Waals surface area contributed by atoms with Crippen LogP contribution >= 0.6 is 11.8 Å². The van der Waals surface area contributed by atoms with Crippen molar-refractivity contribution in [2.24, 2.45) is 5.92 Å². The Bertz CT molecular complexity index is 1780.